The fourth-order valence-electron chi connectivity index (χ4n) is 2.89. The number of aromatic nitrogens is 2. The second kappa shape index (κ2) is 7.50. The molecular weight excluding hydrogens is 344 g/mol. The fraction of sp³-hybridized carbons (Fsp3) is 0.467. The molecule has 2 aromatic rings. The normalized spacial score (nSPS) is 15.7. The van der Waals surface area contributed by atoms with E-state index >= 15 is 0 Å². The minimum atomic E-state index is -0.391. The van der Waals surface area contributed by atoms with Crippen LogP contribution in [0.15, 0.2) is 11.6 Å². The number of anilines is 1. The molecule has 1 fully saturated rings. The van der Waals surface area contributed by atoms with Crippen molar-refractivity contribution in [2.45, 2.75) is 6.42 Å². The van der Waals surface area contributed by atoms with E-state index in [-0.39, 0.29) is 24.8 Å². The lowest BCUT2D eigenvalue weighted by Crippen LogP contribution is -2.39. The molecule has 0 aromatic carbocycles. The molecule has 0 spiro atoms. The van der Waals surface area contributed by atoms with E-state index in [9.17, 15) is 14.9 Å². The highest BCUT2D eigenvalue weighted by Gasteiger charge is 2.29. The number of carbonyl (C=O) groups is 1. The van der Waals surface area contributed by atoms with Gasteiger partial charge in [0.15, 0.2) is 0 Å². The van der Waals surface area contributed by atoms with E-state index in [1.54, 1.807) is 11.6 Å². The summed E-state index contributed by atoms with van der Waals surface area (Å²) < 4.78 is 1.51. The lowest BCUT2D eigenvalue weighted by atomic mass is 10.3. The van der Waals surface area contributed by atoms with Crippen LogP contribution < -0.4 is 10.2 Å². The Morgan fingerprint density at radius 2 is 2.28 bits per heavy atom. The molecule has 10 heteroatoms. The van der Waals surface area contributed by atoms with E-state index in [0.29, 0.717) is 30.4 Å². The zero-order valence-electron chi connectivity index (χ0n) is 13.6. The van der Waals surface area contributed by atoms with Gasteiger partial charge in [0, 0.05) is 31.6 Å². The van der Waals surface area contributed by atoms with Crippen LogP contribution in [0.4, 0.5) is 11.6 Å². The molecule has 132 valence electrons. The highest BCUT2D eigenvalue weighted by Crippen LogP contribution is 2.31. The first kappa shape index (κ1) is 17.2. The number of thiazole rings is 1. The molecule has 3 rings (SSSR count). The molecule has 0 saturated carbocycles. The summed E-state index contributed by atoms with van der Waals surface area (Å²) in [6.45, 7) is 3.11. The third kappa shape index (κ3) is 3.72. The average molecular weight is 362 g/mol. The van der Waals surface area contributed by atoms with E-state index in [4.69, 9.17) is 6.42 Å². The number of nitrogens with one attached hydrogen (secondary N) is 1. The first-order chi connectivity index (χ1) is 12.1. The Bertz CT molecular complexity index is 823. The quantitative estimate of drug-likeness (QED) is 0.474. The van der Waals surface area contributed by atoms with Gasteiger partial charge in [-0.1, -0.05) is 17.3 Å². The third-order valence-electron chi connectivity index (χ3n) is 4.04. The van der Waals surface area contributed by atoms with Gasteiger partial charge in [0.1, 0.15) is 6.20 Å². The number of nitro groups is 1. The predicted molar refractivity (Wildman–Crippen MR) is 94.8 cm³/mol. The highest BCUT2D eigenvalue weighted by atomic mass is 32.1. The molecule has 1 amide bonds. The molecule has 0 atom stereocenters. The molecule has 0 unspecified atom stereocenters. The summed E-state index contributed by atoms with van der Waals surface area (Å²) in [5.74, 6) is 2.66. The van der Waals surface area contributed by atoms with Gasteiger partial charge in [0.05, 0.1) is 13.1 Å². The van der Waals surface area contributed by atoms with Crippen molar-refractivity contribution in [3.8, 4) is 12.3 Å². The van der Waals surface area contributed by atoms with Crippen molar-refractivity contribution in [1.82, 2.24) is 19.6 Å². The maximum atomic E-state index is 11.8. The largest absolute Gasteiger partial charge is 0.373 e. The monoisotopic (exact) mass is 362 g/mol. The van der Waals surface area contributed by atoms with Gasteiger partial charge in [-0.3, -0.25) is 9.69 Å². The summed E-state index contributed by atoms with van der Waals surface area (Å²) in [5.41, 5.74) is 0. The lowest BCUT2D eigenvalue weighted by Gasteiger charge is -2.21. The highest BCUT2D eigenvalue weighted by molar-refractivity contribution is 7.15. The molecular formula is C15H18N6O3S. The number of fused-ring (bicyclic) bond motifs is 1. The molecule has 25 heavy (non-hydrogen) atoms. The van der Waals surface area contributed by atoms with Gasteiger partial charge in [0.2, 0.25) is 11.7 Å². The van der Waals surface area contributed by atoms with E-state index in [0.717, 1.165) is 13.0 Å². The summed E-state index contributed by atoms with van der Waals surface area (Å²) >= 11 is 1.37. The Balaban J connectivity index is 1.70. The molecule has 0 aliphatic carbocycles. The summed E-state index contributed by atoms with van der Waals surface area (Å²) in [7, 11) is 0. The SMILES string of the molecule is C#CCNC(=O)CN1CCCN(c2nc3sccn3c2[N+](=O)[O-])CC1. The number of nitrogens with zero attached hydrogens (tertiary/aromatic N) is 5. The van der Waals surface area contributed by atoms with Gasteiger partial charge >= 0.3 is 5.82 Å². The van der Waals surface area contributed by atoms with Crippen LogP contribution in [0.25, 0.3) is 4.96 Å². The first-order valence-corrected chi connectivity index (χ1v) is 8.75. The van der Waals surface area contributed by atoms with Crippen molar-refractivity contribution in [2.24, 2.45) is 0 Å². The number of hydrogen-bond acceptors (Lipinski definition) is 7. The number of amides is 1. The van der Waals surface area contributed by atoms with Gasteiger partial charge in [-0.25, -0.2) is 0 Å². The van der Waals surface area contributed by atoms with E-state index in [2.05, 4.69) is 16.2 Å². The summed E-state index contributed by atoms with van der Waals surface area (Å²) in [6.07, 6.45) is 7.59. The van der Waals surface area contributed by atoms with E-state index in [1.807, 2.05) is 9.80 Å². The number of rotatable bonds is 5. The summed E-state index contributed by atoms with van der Waals surface area (Å²) in [5, 5.41) is 15.9. The Labute approximate surface area is 148 Å². The summed E-state index contributed by atoms with van der Waals surface area (Å²) in [4.78, 5) is 31.9. The van der Waals surface area contributed by atoms with Crippen molar-refractivity contribution in [3.05, 3.63) is 21.7 Å². The van der Waals surface area contributed by atoms with E-state index in [1.165, 1.54) is 15.7 Å². The second-order valence-corrected chi connectivity index (χ2v) is 6.54. The van der Waals surface area contributed by atoms with Crippen LogP contribution >= 0.6 is 11.3 Å². The average Bonchev–Trinajstić information content (AvgIpc) is 3.08. The molecule has 2 aromatic heterocycles. The number of hydrogen-bond donors (Lipinski definition) is 1. The molecule has 0 bridgehead atoms. The molecule has 9 nitrogen and oxygen atoms in total. The second-order valence-electron chi connectivity index (χ2n) is 5.67. The van der Waals surface area contributed by atoms with Crippen molar-refractivity contribution in [2.75, 3.05) is 44.2 Å². The van der Waals surface area contributed by atoms with Crippen molar-refractivity contribution >= 4 is 33.8 Å². The molecule has 0 radical (unpaired) electrons. The molecule has 3 heterocycles. The van der Waals surface area contributed by atoms with E-state index < -0.39 is 4.92 Å². The van der Waals surface area contributed by atoms with Gasteiger partial charge in [-0.2, -0.15) is 9.38 Å². The van der Waals surface area contributed by atoms with Crippen LogP contribution in [-0.4, -0.2) is 64.4 Å². The Hall–Kier alpha value is -2.64. The first-order valence-electron chi connectivity index (χ1n) is 7.87. The topological polar surface area (TPSA) is 96.0 Å². The molecule has 1 aliphatic rings. The predicted octanol–water partition coefficient (Wildman–Crippen LogP) is 0.565. The van der Waals surface area contributed by atoms with Crippen molar-refractivity contribution in [3.63, 3.8) is 0 Å². The fourth-order valence-corrected chi connectivity index (χ4v) is 3.60. The molecule has 1 saturated heterocycles. The van der Waals surface area contributed by atoms with Gasteiger partial charge in [-0.05, 0) is 11.3 Å². The third-order valence-corrected chi connectivity index (χ3v) is 4.79. The van der Waals surface area contributed by atoms with Crippen LogP contribution in [0.1, 0.15) is 6.42 Å². The van der Waals surface area contributed by atoms with Gasteiger partial charge in [0.25, 0.3) is 4.96 Å². The van der Waals surface area contributed by atoms with Crippen LogP contribution in [0.5, 0.6) is 0 Å². The Morgan fingerprint density at radius 1 is 1.44 bits per heavy atom. The zero-order chi connectivity index (χ0) is 17.8. The lowest BCUT2D eigenvalue weighted by molar-refractivity contribution is -0.389. The maximum absolute atomic E-state index is 11.8. The van der Waals surface area contributed by atoms with Crippen LogP contribution in [0.3, 0.4) is 0 Å². The Kier molecular flexibility index (Phi) is 5.16. The van der Waals surface area contributed by atoms with Crippen LogP contribution in [0, 0.1) is 22.5 Å². The number of carbonyl (C=O) groups excluding carboxylic acids is 1. The van der Waals surface area contributed by atoms with Gasteiger partial charge in [-0.15, -0.1) is 6.42 Å². The number of imidazole rings is 1. The smallest absolute Gasteiger partial charge is 0.358 e. The minimum Gasteiger partial charge on any atom is -0.358 e. The van der Waals surface area contributed by atoms with Crippen molar-refractivity contribution < 1.29 is 9.72 Å². The molecule has 1 aliphatic heterocycles. The maximum Gasteiger partial charge on any atom is 0.373 e. The Morgan fingerprint density at radius 3 is 3.04 bits per heavy atom. The standard InChI is InChI=1S/C15H18N6O3S/c1-2-4-16-12(22)11-18-5-3-6-19(8-7-18)13-14(21(23)24)20-9-10-25-15(20)17-13/h1,9-10H,3-8,11H2,(H,16,22). The van der Waals surface area contributed by atoms with Crippen LogP contribution in [-0.2, 0) is 4.79 Å². The zero-order valence-corrected chi connectivity index (χ0v) is 14.4. The van der Waals surface area contributed by atoms with Crippen LogP contribution in [0.2, 0.25) is 0 Å². The van der Waals surface area contributed by atoms with Gasteiger partial charge < -0.3 is 20.3 Å². The van der Waals surface area contributed by atoms with Crippen molar-refractivity contribution in [1.29, 1.82) is 0 Å². The minimum absolute atomic E-state index is 0.00327. The number of terminal acetylenes is 1. The molecule has 1 N–H and O–H groups in total. The summed E-state index contributed by atoms with van der Waals surface area (Å²) in [6, 6.07) is 0.